The van der Waals surface area contributed by atoms with Gasteiger partial charge in [0.05, 0.1) is 6.42 Å². The Labute approximate surface area is 108 Å². The average Bonchev–Trinajstić information content (AvgIpc) is 2.73. The third-order valence-electron chi connectivity index (χ3n) is 3.98. The van der Waals surface area contributed by atoms with Crippen molar-refractivity contribution in [2.45, 2.75) is 44.1 Å². The zero-order chi connectivity index (χ0) is 13.0. The smallest absolute Gasteiger partial charge is 0.304 e. The van der Waals surface area contributed by atoms with Gasteiger partial charge in [0.15, 0.2) is 0 Å². The van der Waals surface area contributed by atoms with Crippen LogP contribution in [0.15, 0.2) is 30.3 Å². The van der Waals surface area contributed by atoms with E-state index in [0.29, 0.717) is 12.6 Å². The molecule has 0 bridgehead atoms. The number of aliphatic carboxylic acids is 1. The Kier molecular flexibility index (Phi) is 4.02. The average molecular weight is 247 g/mol. The molecule has 0 radical (unpaired) electrons. The lowest BCUT2D eigenvalue weighted by Gasteiger charge is -2.25. The fraction of sp³-hybridized carbons (Fsp3) is 0.533. The minimum absolute atomic E-state index is 0.207. The summed E-state index contributed by atoms with van der Waals surface area (Å²) in [5.41, 5.74) is 1.63. The molecule has 18 heavy (non-hydrogen) atoms. The fourth-order valence-corrected chi connectivity index (χ4v) is 2.90. The van der Waals surface area contributed by atoms with E-state index in [1.807, 2.05) is 6.07 Å². The predicted octanol–water partition coefficient (Wildman–Crippen LogP) is 2.56. The normalized spacial score (nSPS) is 27.3. The van der Waals surface area contributed by atoms with Crippen molar-refractivity contribution in [3.8, 4) is 0 Å². The molecule has 2 unspecified atom stereocenters. The number of carboxylic acids is 1. The molecule has 1 fully saturated rings. The van der Waals surface area contributed by atoms with Crippen molar-refractivity contribution in [2.24, 2.45) is 0 Å². The number of benzene rings is 1. The Morgan fingerprint density at radius 2 is 2.17 bits per heavy atom. The van der Waals surface area contributed by atoms with Gasteiger partial charge in [-0.1, -0.05) is 37.3 Å². The summed E-state index contributed by atoms with van der Waals surface area (Å²) in [6.07, 6.45) is 3.60. The second-order valence-corrected chi connectivity index (χ2v) is 5.46. The number of rotatable bonds is 5. The Morgan fingerprint density at radius 1 is 1.44 bits per heavy atom. The number of carbonyl (C=O) groups is 1. The Morgan fingerprint density at radius 3 is 2.83 bits per heavy atom. The van der Waals surface area contributed by atoms with Crippen molar-refractivity contribution in [1.82, 2.24) is 5.32 Å². The molecule has 1 saturated carbocycles. The first-order chi connectivity index (χ1) is 8.60. The van der Waals surface area contributed by atoms with E-state index in [9.17, 15) is 4.79 Å². The third kappa shape index (κ3) is 3.10. The van der Waals surface area contributed by atoms with Crippen LogP contribution in [-0.2, 0) is 10.2 Å². The maximum Gasteiger partial charge on any atom is 0.304 e. The van der Waals surface area contributed by atoms with Crippen molar-refractivity contribution < 1.29 is 9.90 Å². The molecule has 1 aromatic carbocycles. The summed E-state index contributed by atoms with van der Waals surface area (Å²) < 4.78 is 0. The highest BCUT2D eigenvalue weighted by atomic mass is 16.4. The number of carboxylic acid groups (broad SMARTS) is 1. The van der Waals surface area contributed by atoms with Crippen molar-refractivity contribution in [3.05, 3.63) is 35.9 Å². The second kappa shape index (κ2) is 5.53. The van der Waals surface area contributed by atoms with Crippen LogP contribution >= 0.6 is 0 Å². The first kappa shape index (κ1) is 13.1. The van der Waals surface area contributed by atoms with E-state index >= 15 is 0 Å². The third-order valence-corrected chi connectivity index (χ3v) is 3.98. The van der Waals surface area contributed by atoms with Gasteiger partial charge < -0.3 is 10.4 Å². The number of hydrogen-bond acceptors (Lipinski definition) is 2. The molecule has 98 valence electrons. The zero-order valence-electron chi connectivity index (χ0n) is 10.9. The van der Waals surface area contributed by atoms with Gasteiger partial charge in [0, 0.05) is 12.6 Å². The van der Waals surface area contributed by atoms with Crippen molar-refractivity contribution in [2.75, 3.05) is 6.54 Å². The molecule has 3 heteroatoms. The van der Waals surface area contributed by atoms with Gasteiger partial charge >= 0.3 is 5.97 Å². The van der Waals surface area contributed by atoms with Gasteiger partial charge in [0.25, 0.3) is 0 Å². The molecule has 1 aromatic rings. The van der Waals surface area contributed by atoms with E-state index in [2.05, 4.69) is 36.5 Å². The molecule has 0 spiro atoms. The van der Waals surface area contributed by atoms with Crippen LogP contribution in [0.25, 0.3) is 0 Å². The molecule has 0 saturated heterocycles. The Balaban J connectivity index is 1.89. The van der Waals surface area contributed by atoms with Crippen molar-refractivity contribution in [1.29, 1.82) is 0 Å². The van der Waals surface area contributed by atoms with Crippen LogP contribution in [0.2, 0.25) is 0 Å². The molecular formula is C15H21NO2. The topological polar surface area (TPSA) is 49.3 Å². The van der Waals surface area contributed by atoms with E-state index in [1.54, 1.807) is 0 Å². The van der Waals surface area contributed by atoms with E-state index in [0.717, 1.165) is 12.8 Å². The molecule has 2 N–H and O–H groups in total. The minimum atomic E-state index is -0.730. The van der Waals surface area contributed by atoms with Crippen molar-refractivity contribution in [3.63, 3.8) is 0 Å². The molecule has 2 atom stereocenters. The minimum Gasteiger partial charge on any atom is -0.481 e. The fourth-order valence-electron chi connectivity index (χ4n) is 2.90. The molecule has 0 amide bonds. The molecule has 2 rings (SSSR count). The highest BCUT2D eigenvalue weighted by Crippen LogP contribution is 2.40. The highest BCUT2D eigenvalue weighted by Gasteiger charge is 2.35. The van der Waals surface area contributed by atoms with Crippen LogP contribution in [0.1, 0.15) is 38.2 Å². The monoisotopic (exact) mass is 247 g/mol. The second-order valence-electron chi connectivity index (χ2n) is 5.46. The summed E-state index contributed by atoms with van der Waals surface area (Å²) >= 11 is 0. The van der Waals surface area contributed by atoms with Gasteiger partial charge in [-0.05, 0) is 30.2 Å². The zero-order valence-corrected chi connectivity index (χ0v) is 10.9. The van der Waals surface area contributed by atoms with Crippen LogP contribution in [0.4, 0.5) is 0 Å². The van der Waals surface area contributed by atoms with Gasteiger partial charge in [-0.2, -0.15) is 0 Å². The van der Waals surface area contributed by atoms with E-state index in [1.165, 1.54) is 12.0 Å². The lowest BCUT2D eigenvalue weighted by Crippen LogP contribution is -2.30. The van der Waals surface area contributed by atoms with Gasteiger partial charge in [-0.25, -0.2) is 0 Å². The molecule has 3 nitrogen and oxygen atoms in total. The van der Waals surface area contributed by atoms with E-state index in [-0.39, 0.29) is 11.8 Å². The molecule has 0 aromatic heterocycles. The number of nitrogens with one attached hydrogen (secondary N) is 1. The predicted molar refractivity (Wildman–Crippen MR) is 71.7 cm³/mol. The van der Waals surface area contributed by atoms with Crippen LogP contribution in [0.5, 0.6) is 0 Å². The SMILES string of the molecule is CC1(c2ccccc2)CCC(NCCC(=O)O)C1. The molecule has 0 aliphatic heterocycles. The molecular weight excluding hydrogens is 226 g/mol. The van der Waals surface area contributed by atoms with Gasteiger partial charge in [0.1, 0.15) is 0 Å². The molecule has 1 aliphatic carbocycles. The van der Waals surface area contributed by atoms with E-state index < -0.39 is 5.97 Å². The van der Waals surface area contributed by atoms with Gasteiger partial charge in [-0.15, -0.1) is 0 Å². The molecule has 0 heterocycles. The number of hydrogen-bond donors (Lipinski definition) is 2. The van der Waals surface area contributed by atoms with Crippen LogP contribution in [0.3, 0.4) is 0 Å². The summed E-state index contributed by atoms with van der Waals surface area (Å²) in [5.74, 6) is -0.730. The van der Waals surface area contributed by atoms with Gasteiger partial charge in [-0.3, -0.25) is 4.79 Å². The lowest BCUT2D eigenvalue weighted by molar-refractivity contribution is -0.136. The molecule has 1 aliphatic rings. The summed E-state index contributed by atoms with van der Waals surface area (Å²) in [4.78, 5) is 10.5. The largest absolute Gasteiger partial charge is 0.481 e. The van der Waals surface area contributed by atoms with Crippen LogP contribution in [-0.4, -0.2) is 23.7 Å². The maximum absolute atomic E-state index is 10.5. The first-order valence-electron chi connectivity index (χ1n) is 6.61. The standard InChI is InChI=1S/C15H21NO2/c1-15(12-5-3-2-4-6-12)9-7-13(11-15)16-10-8-14(17)18/h2-6,13,16H,7-11H2,1H3,(H,17,18). The summed E-state index contributed by atoms with van der Waals surface area (Å²) in [6, 6.07) is 11.1. The quantitative estimate of drug-likeness (QED) is 0.840. The Bertz CT molecular complexity index is 404. The van der Waals surface area contributed by atoms with Gasteiger partial charge in [0.2, 0.25) is 0 Å². The van der Waals surface area contributed by atoms with Crippen molar-refractivity contribution >= 4 is 5.97 Å². The van der Waals surface area contributed by atoms with Crippen LogP contribution in [0, 0.1) is 0 Å². The van der Waals surface area contributed by atoms with E-state index in [4.69, 9.17) is 5.11 Å². The maximum atomic E-state index is 10.5. The summed E-state index contributed by atoms with van der Waals surface area (Å²) in [5, 5.41) is 12.0. The summed E-state index contributed by atoms with van der Waals surface area (Å²) in [7, 11) is 0. The Hall–Kier alpha value is -1.35. The highest BCUT2D eigenvalue weighted by molar-refractivity contribution is 5.66. The van der Waals surface area contributed by atoms with Crippen LogP contribution < -0.4 is 5.32 Å². The summed E-state index contributed by atoms with van der Waals surface area (Å²) in [6.45, 7) is 2.88. The lowest BCUT2D eigenvalue weighted by atomic mass is 9.81. The first-order valence-corrected chi connectivity index (χ1v) is 6.61.